The number of aromatic amines is 1. The summed E-state index contributed by atoms with van der Waals surface area (Å²) in [5, 5.41) is 22.4. The number of fused-ring (bicyclic) bond motifs is 1. The number of ether oxygens (including phenoxy) is 4. The van der Waals surface area contributed by atoms with E-state index in [0.29, 0.717) is 35.6 Å². The molecule has 0 fully saturated rings. The molecule has 0 spiro atoms. The molecule has 0 aliphatic rings. The van der Waals surface area contributed by atoms with Gasteiger partial charge in [0.2, 0.25) is 23.6 Å². The Labute approximate surface area is 337 Å². The second kappa shape index (κ2) is 20.6. The number of methoxy groups -OCH3 is 1. The van der Waals surface area contributed by atoms with Crippen molar-refractivity contribution in [3.63, 3.8) is 0 Å². The van der Waals surface area contributed by atoms with E-state index in [4.69, 9.17) is 24.7 Å². The van der Waals surface area contributed by atoms with Gasteiger partial charge in [0.05, 0.1) is 43.1 Å². The van der Waals surface area contributed by atoms with Crippen LogP contribution in [0.3, 0.4) is 0 Å². The standard InChI is InChI=1S/C39H44N10O10/c1-23-6-12-27(13-7-23)36(52)44-20-33(51)41-14-15-42-39(53)59-24(2)28-17-30(56-3)31(18-29(28)49(54)55)57-16-4-5-32(50)43-19-25-8-10-26(11-9-25)21-58-37-34-35(46-22-45-34)47-38(40)48-37/h6-13,17-18,22,24H,4-5,14-16,19-21H2,1-3H3,(H,41,51)(H,42,53)(H,43,50)(H,44,52)(H3,40,45,46,47,48). The Morgan fingerprint density at radius 1 is 0.898 bits per heavy atom. The first-order chi connectivity index (χ1) is 28.4. The Kier molecular flexibility index (Phi) is 14.9. The average molecular weight is 813 g/mol. The highest BCUT2D eigenvalue weighted by Crippen LogP contribution is 2.38. The number of nitro benzene ring substituents is 1. The summed E-state index contributed by atoms with van der Waals surface area (Å²) in [6.07, 6.45) is -0.0355. The summed E-state index contributed by atoms with van der Waals surface area (Å²) in [5.41, 5.74) is 9.52. The summed E-state index contributed by atoms with van der Waals surface area (Å²) >= 11 is 0. The molecule has 4 amide bonds. The van der Waals surface area contributed by atoms with Crippen molar-refractivity contribution in [1.29, 1.82) is 0 Å². The van der Waals surface area contributed by atoms with Crippen molar-refractivity contribution in [1.82, 2.24) is 41.2 Å². The van der Waals surface area contributed by atoms with E-state index in [2.05, 4.69) is 41.2 Å². The second-order valence-electron chi connectivity index (χ2n) is 13.0. The number of alkyl carbamates (subject to hydrolysis) is 1. The summed E-state index contributed by atoms with van der Waals surface area (Å²) < 4.78 is 22.3. The van der Waals surface area contributed by atoms with Gasteiger partial charge in [-0.2, -0.15) is 9.97 Å². The normalized spacial score (nSPS) is 11.2. The van der Waals surface area contributed by atoms with Gasteiger partial charge < -0.3 is 50.9 Å². The molecule has 0 saturated carbocycles. The number of nitro groups is 1. The van der Waals surface area contributed by atoms with Crippen molar-refractivity contribution in [3.05, 3.63) is 105 Å². The van der Waals surface area contributed by atoms with E-state index in [9.17, 15) is 29.3 Å². The van der Waals surface area contributed by atoms with Crippen molar-refractivity contribution in [2.24, 2.45) is 0 Å². The number of aromatic nitrogens is 4. The lowest BCUT2D eigenvalue weighted by atomic mass is 10.1. The van der Waals surface area contributed by atoms with E-state index in [1.54, 1.807) is 24.3 Å². The van der Waals surface area contributed by atoms with E-state index in [0.717, 1.165) is 16.7 Å². The van der Waals surface area contributed by atoms with Crippen LogP contribution in [0.15, 0.2) is 67.0 Å². The first-order valence-electron chi connectivity index (χ1n) is 18.4. The van der Waals surface area contributed by atoms with Crippen molar-refractivity contribution in [2.75, 3.05) is 39.1 Å². The molecule has 0 bridgehead atoms. The molecule has 7 N–H and O–H groups in total. The van der Waals surface area contributed by atoms with E-state index in [1.165, 1.54) is 32.5 Å². The van der Waals surface area contributed by atoms with Crippen molar-refractivity contribution >= 4 is 46.6 Å². The minimum atomic E-state index is -1.07. The van der Waals surface area contributed by atoms with Crippen LogP contribution in [0.2, 0.25) is 0 Å². The smallest absolute Gasteiger partial charge is 0.407 e. The quantitative estimate of drug-likeness (QED) is 0.0373. The number of amides is 4. The molecule has 2 heterocycles. The first kappa shape index (κ1) is 42.6. The number of aryl methyl sites for hydroxylation is 1. The zero-order valence-electron chi connectivity index (χ0n) is 32.5. The van der Waals surface area contributed by atoms with Gasteiger partial charge in [-0.1, -0.05) is 42.0 Å². The molecule has 59 heavy (non-hydrogen) atoms. The van der Waals surface area contributed by atoms with Crippen LogP contribution in [0, 0.1) is 17.0 Å². The number of H-pyrrole nitrogens is 1. The summed E-state index contributed by atoms with van der Waals surface area (Å²) in [5.74, 6) is -0.499. The largest absolute Gasteiger partial charge is 0.493 e. The fourth-order valence-corrected chi connectivity index (χ4v) is 5.52. The number of rotatable bonds is 20. The molecule has 5 rings (SSSR count). The molecule has 0 aliphatic carbocycles. The van der Waals surface area contributed by atoms with Gasteiger partial charge in [-0.25, -0.2) is 9.78 Å². The summed E-state index contributed by atoms with van der Waals surface area (Å²) in [6.45, 7) is 3.70. The topological polar surface area (TPSA) is 277 Å². The number of nitrogens with zero attached hydrogens (tertiary/aromatic N) is 4. The monoisotopic (exact) mass is 812 g/mol. The predicted molar refractivity (Wildman–Crippen MR) is 213 cm³/mol. The molecule has 0 radical (unpaired) electrons. The highest BCUT2D eigenvalue weighted by atomic mass is 16.6. The number of nitrogen functional groups attached to an aromatic ring is 1. The van der Waals surface area contributed by atoms with Gasteiger partial charge in [0.1, 0.15) is 18.2 Å². The molecule has 20 heteroatoms. The van der Waals surface area contributed by atoms with Gasteiger partial charge in [0.25, 0.3) is 11.6 Å². The lowest BCUT2D eigenvalue weighted by molar-refractivity contribution is -0.386. The van der Waals surface area contributed by atoms with Crippen LogP contribution in [0.25, 0.3) is 11.2 Å². The van der Waals surface area contributed by atoms with Crippen molar-refractivity contribution in [2.45, 2.75) is 45.9 Å². The van der Waals surface area contributed by atoms with Gasteiger partial charge in [-0.3, -0.25) is 24.5 Å². The third-order valence-corrected chi connectivity index (χ3v) is 8.63. The minimum absolute atomic E-state index is 0.0119. The molecule has 0 saturated heterocycles. The number of hydrogen-bond donors (Lipinski definition) is 6. The lowest BCUT2D eigenvalue weighted by Crippen LogP contribution is -2.40. The summed E-state index contributed by atoms with van der Waals surface area (Å²) in [7, 11) is 1.36. The molecule has 2 aromatic heterocycles. The van der Waals surface area contributed by atoms with Crippen LogP contribution in [-0.4, -0.2) is 82.0 Å². The predicted octanol–water partition coefficient (Wildman–Crippen LogP) is 3.55. The molecule has 20 nitrogen and oxygen atoms in total. The fraction of sp³-hybridized carbons (Fsp3) is 0.308. The number of benzene rings is 3. The van der Waals surface area contributed by atoms with Gasteiger partial charge >= 0.3 is 6.09 Å². The Morgan fingerprint density at radius 3 is 2.36 bits per heavy atom. The number of hydrogen-bond acceptors (Lipinski definition) is 14. The number of anilines is 1. The number of nitrogens with one attached hydrogen (secondary N) is 5. The van der Waals surface area contributed by atoms with E-state index < -0.39 is 28.9 Å². The fourth-order valence-electron chi connectivity index (χ4n) is 5.52. The van der Waals surface area contributed by atoms with Crippen LogP contribution in [-0.2, 0) is 27.5 Å². The van der Waals surface area contributed by atoms with Gasteiger partial charge in [0, 0.05) is 31.6 Å². The number of nitrogens with two attached hydrogens (primary N) is 1. The third kappa shape index (κ3) is 12.5. The van der Waals surface area contributed by atoms with Gasteiger partial charge in [-0.05, 0) is 49.6 Å². The molecule has 310 valence electrons. The van der Waals surface area contributed by atoms with Crippen LogP contribution in [0.1, 0.15) is 58.5 Å². The average Bonchev–Trinajstić information content (AvgIpc) is 3.70. The maximum absolute atomic E-state index is 12.5. The van der Waals surface area contributed by atoms with Crippen LogP contribution in [0.4, 0.5) is 16.4 Å². The first-order valence-corrected chi connectivity index (χ1v) is 18.4. The number of carbonyl (C=O) groups excluding carboxylic acids is 4. The third-order valence-electron chi connectivity index (χ3n) is 8.63. The van der Waals surface area contributed by atoms with E-state index >= 15 is 0 Å². The zero-order chi connectivity index (χ0) is 42.3. The summed E-state index contributed by atoms with van der Waals surface area (Å²) in [4.78, 5) is 75.8. The lowest BCUT2D eigenvalue weighted by Gasteiger charge is -2.17. The molecule has 1 unspecified atom stereocenters. The van der Waals surface area contributed by atoms with Crippen molar-refractivity contribution in [3.8, 4) is 17.4 Å². The zero-order valence-corrected chi connectivity index (χ0v) is 32.5. The SMILES string of the molecule is COc1cc(C(C)OC(=O)NCCNC(=O)CNC(=O)c2ccc(C)cc2)c([N+](=O)[O-])cc1OCCCC(=O)NCc1ccc(COc2nc(N)nc3nc[nH]c23)cc1. The van der Waals surface area contributed by atoms with E-state index in [-0.39, 0.29) is 73.9 Å². The highest BCUT2D eigenvalue weighted by Gasteiger charge is 2.26. The van der Waals surface area contributed by atoms with Crippen LogP contribution >= 0.6 is 0 Å². The maximum atomic E-state index is 12.5. The van der Waals surface area contributed by atoms with Crippen LogP contribution in [0.5, 0.6) is 17.4 Å². The summed E-state index contributed by atoms with van der Waals surface area (Å²) in [6, 6.07) is 16.9. The Bertz CT molecular complexity index is 2270. The highest BCUT2D eigenvalue weighted by molar-refractivity contribution is 5.96. The molecular formula is C39H44N10O10. The molecular weight excluding hydrogens is 768 g/mol. The van der Waals surface area contributed by atoms with Gasteiger partial charge in [0.15, 0.2) is 17.1 Å². The molecule has 1 atom stereocenters. The molecule has 3 aromatic carbocycles. The maximum Gasteiger partial charge on any atom is 0.407 e. The molecule has 5 aromatic rings. The van der Waals surface area contributed by atoms with Crippen molar-refractivity contribution < 1.29 is 43.0 Å². The van der Waals surface area contributed by atoms with E-state index in [1.807, 2.05) is 31.2 Å². The second-order valence-corrected chi connectivity index (χ2v) is 13.0. The van der Waals surface area contributed by atoms with Gasteiger partial charge in [-0.15, -0.1) is 0 Å². The van der Waals surface area contributed by atoms with Crippen LogP contribution < -0.4 is 41.2 Å². The Hall–Kier alpha value is -7.51. The number of carbonyl (C=O) groups is 4. The number of imidazole rings is 1. The Balaban J connectivity index is 1.01. The Morgan fingerprint density at radius 2 is 1.63 bits per heavy atom. The minimum Gasteiger partial charge on any atom is -0.493 e. The molecule has 0 aliphatic heterocycles.